The molecule has 1 aromatic rings. The normalized spacial score (nSPS) is 23.6. The topological polar surface area (TPSA) is 29.3 Å². The van der Waals surface area contributed by atoms with Crippen LogP contribution in [-0.4, -0.2) is 31.6 Å². The third kappa shape index (κ3) is 2.49. The number of benzene rings is 1. The fourth-order valence-corrected chi connectivity index (χ4v) is 4.06. The number of nitrogens with zero attached hydrogens (tertiary/aromatic N) is 1. The van der Waals surface area contributed by atoms with E-state index in [-0.39, 0.29) is 5.41 Å². The lowest BCUT2D eigenvalue weighted by atomic mass is 9.64. The van der Waals surface area contributed by atoms with Gasteiger partial charge in [0.15, 0.2) is 0 Å². The predicted molar refractivity (Wildman–Crippen MR) is 85.5 cm³/mol. The first-order valence-corrected chi connectivity index (χ1v) is 8.21. The summed E-state index contributed by atoms with van der Waals surface area (Å²) in [6, 6.07) is 6.75. The Morgan fingerprint density at radius 3 is 2.50 bits per heavy atom. The molecule has 2 fully saturated rings. The summed E-state index contributed by atoms with van der Waals surface area (Å²) in [5.41, 5.74) is 8.91. The van der Waals surface area contributed by atoms with Gasteiger partial charge in [0.2, 0.25) is 0 Å². The summed E-state index contributed by atoms with van der Waals surface area (Å²) in [6.45, 7) is 3.10. The zero-order valence-electron chi connectivity index (χ0n) is 12.4. The van der Waals surface area contributed by atoms with Crippen molar-refractivity contribution in [2.45, 2.75) is 43.4 Å². The highest BCUT2D eigenvalue weighted by Gasteiger charge is 2.37. The average Bonchev–Trinajstić information content (AvgIpc) is 2.40. The summed E-state index contributed by atoms with van der Waals surface area (Å²) in [5, 5.41) is 0.955. The van der Waals surface area contributed by atoms with Crippen molar-refractivity contribution < 1.29 is 0 Å². The van der Waals surface area contributed by atoms with Crippen LogP contribution in [0.25, 0.3) is 0 Å². The van der Waals surface area contributed by atoms with Crippen LogP contribution in [-0.2, 0) is 5.41 Å². The quantitative estimate of drug-likeness (QED) is 0.923. The molecule has 110 valence electrons. The molecule has 0 bridgehead atoms. The molecule has 0 spiro atoms. The predicted octanol–water partition coefficient (Wildman–Crippen LogP) is 3.53. The molecule has 0 atom stereocenters. The Hall–Kier alpha value is -0.570. The fraction of sp³-hybridized carbons (Fsp3) is 0.647. The van der Waals surface area contributed by atoms with Crippen LogP contribution in [0.5, 0.6) is 0 Å². The van der Waals surface area contributed by atoms with Gasteiger partial charge in [0.25, 0.3) is 0 Å². The first-order valence-electron chi connectivity index (χ1n) is 7.83. The molecule has 2 nitrogen and oxygen atoms in total. The molecule has 1 aromatic carbocycles. The maximum Gasteiger partial charge on any atom is 0.0443 e. The van der Waals surface area contributed by atoms with Crippen molar-refractivity contribution in [3.63, 3.8) is 0 Å². The van der Waals surface area contributed by atoms with Crippen LogP contribution >= 0.6 is 11.6 Å². The molecule has 20 heavy (non-hydrogen) atoms. The highest BCUT2D eigenvalue weighted by Crippen LogP contribution is 2.44. The van der Waals surface area contributed by atoms with Crippen LogP contribution in [0.15, 0.2) is 18.2 Å². The summed E-state index contributed by atoms with van der Waals surface area (Å²) < 4.78 is 0. The standard InChI is InChI=1S/C17H25ClN2/c1-20-9-5-13(6-10-20)15-4-3-14(11-16(15)18)17(12-19)7-2-8-17/h3-4,11,13H,2,5-10,12,19H2,1H3. The van der Waals surface area contributed by atoms with Crippen molar-refractivity contribution in [1.82, 2.24) is 4.90 Å². The molecule has 0 radical (unpaired) electrons. The van der Waals surface area contributed by atoms with Gasteiger partial charge in [-0.15, -0.1) is 0 Å². The summed E-state index contributed by atoms with van der Waals surface area (Å²) >= 11 is 6.59. The molecule has 1 aliphatic heterocycles. The molecule has 1 saturated carbocycles. The summed E-state index contributed by atoms with van der Waals surface area (Å²) in [6.07, 6.45) is 6.17. The second-order valence-electron chi connectivity index (χ2n) is 6.65. The SMILES string of the molecule is CN1CCC(c2ccc(C3(CN)CCC3)cc2Cl)CC1. The number of rotatable bonds is 3. The Kier molecular flexibility index (Phi) is 4.07. The third-order valence-electron chi connectivity index (χ3n) is 5.47. The zero-order chi connectivity index (χ0) is 14.2. The van der Waals surface area contributed by atoms with Crippen molar-refractivity contribution in [2.24, 2.45) is 5.73 Å². The van der Waals surface area contributed by atoms with Crippen molar-refractivity contribution >= 4 is 11.6 Å². The molecule has 1 heterocycles. The van der Waals surface area contributed by atoms with E-state index in [9.17, 15) is 0 Å². The Bertz CT molecular complexity index is 468. The molecular formula is C17H25ClN2. The lowest BCUT2D eigenvalue weighted by Gasteiger charge is -2.42. The van der Waals surface area contributed by atoms with Crippen LogP contribution in [0, 0.1) is 0 Å². The van der Waals surface area contributed by atoms with E-state index in [0.29, 0.717) is 5.92 Å². The first-order chi connectivity index (χ1) is 9.64. The van der Waals surface area contributed by atoms with Gasteiger partial charge in [0.05, 0.1) is 0 Å². The van der Waals surface area contributed by atoms with E-state index in [1.54, 1.807) is 0 Å². The van der Waals surface area contributed by atoms with Gasteiger partial charge in [0, 0.05) is 17.0 Å². The van der Waals surface area contributed by atoms with Gasteiger partial charge in [-0.25, -0.2) is 0 Å². The molecule has 0 aromatic heterocycles. The van der Waals surface area contributed by atoms with Crippen LogP contribution in [0.3, 0.4) is 0 Å². The highest BCUT2D eigenvalue weighted by molar-refractivity contribution is 6.31. The maximum atomic E-state index is 6.59. The number of piperidine rings is 1. The van der Waals surface area contributed by atoms with Crippen LogP contribution in [0.2, 0.25) is 5.02 Å². The molecule has 3 heteroatoms. The Labute approximate surface area is 127 Å². The number of nitrogens with two attached hydrogens (primary N) is 1. The van der Waals surface area contributed by atoms with Crippen LogP contribution < -0.4 is 5.73 Å². The maximum absolute atomic E-state index is 6.59. The van der Waals surface area contributed by atoms with E-state index in [4.69, 9.17) is 17.3 Å². The van der Waals surface area contributed by atoms with Gasteiger partial charge in [-0.1, -0.05) is 30.2 Å². The van der Waals surface area contributed by atoms with E-state index in [1.165, 1.54) is 56.3 Å². The molecule has 2 aliphatic rings. The molecule has 1 aliphatic carbocycles. The van der Waals surface area contributed by atoms with E-state index in [2.05, 4.69) is 30.1 Å². The first kappa shape index (κ1) is 14.4. The number of hydrogen-bond acceptors (Lipinski definition) is 2. The summed E-state index contributed by atoms with van der Waals surface area (Å²) in [5.74, 6) is 0.628. The number of hydrogen-bond donors (Lipinski definition) is 1. The zero-order valence-corrected chi connectivity index (χ0v) is 13.1. The van der Waals surface area contributed by atoms with E-state index in [0.717, 1.165) is 11.6 Å². The fourth-order valence-electron chi connectivity index (χ4n) is 3.72. The van der Waals surface area contributed by atoms with Crippen LogP contribution in [0.1, 0.15) is 49.1 Å². The highest BCUT2D eigenvalue weighted by atomic mass is 35.5. The van der Waals surface area contributed by atoms with Crippen molar-refractivity contribution in [2.75, 3.05) is 26.7 Å². The van der Waals surface area contributed by atoms with Gasteiger partial charge < -0.3 is 10.6 Å². The minimum Gasteiger partial charge on any atom is -0.330 e. The van der Waals surface area contributed by atoms with Gasteiger partial charge in [0.1, 0.15) is 0 Å². The third-order valence-corrected chi connectivity index (χ3v) is 5.80. The smallest absolute Gasteiger partial charge is 0.0443 e. The summed E-state index contributed by atoms with van der Waals surface area (Å²) in [7, 11) is 2.20. The van der Waals surface area contributed by atoms with Gasteiger partial charge in [-0.3, -0.25) is 0 Å². The molecule has 2 N–H and O–H groups in total. The monoisotopic (exact) mass is 292 g/mol. The van der Waals surface area contributed by atoms with Gasteiger partial charge in [-0.05, 0) is 68.9 Å². The minimum absolute atomic E-state index is 0.217. The van der Waals surface area contributed by atoms with Crippen molar-refractivity contribution in [1.29, 1.82) is 0 Å². The Morgan fingerprint density at radius 2 is 2.00 bits per heavy atom. The van der Waals surface area contributed by atoms with Gasteiger partial charge >= 0.3 is 0 Å². The largest absolute Gasteiger partial charge is 0.330 e. The number of likely N-dealkylation sites (tertiary alicyclic amines) is 1. The molecule has 3 rings (SSSR count). The van der Waals surface area contributed by atoms with Gasteiger partial charge in [-0.2, -0.15) is 0 Å². The molecule has 1 saturated heterocycles. The minimum atomic E-state index is 0.217. The Balaban J connectivity index is 1.81. The average molecular weight is 293 g/mol. The van der Waals surface area contributed by atoms with E-state index in [1.807, 2.05) is 0 Å². The van der Waals surface area contributed by atoms with Crippen molar-refractivity contribution in [3.8, 4) is 0 Å². The summed E-state index contributed by atoms with van der Waals surface area (Å²) in [4.78, 5) is 2.40. The second-order valence-corrected chi connectivity index (χ2v) is 7.06. The second kappa shape index (κ2) is 5.67. The van der Waals surface area contributed by atoms with E-state index < -0.39 is 0 Å². The molecule has 0 unspecified atom stereocenters. The van der Waals surface area contributed by atoms with Crippen LogP contribution in [0.4, 0.5) is 0 Å². The Morgan fingerprint density at radius 1 is 1.30 bits per heavy atom. The van der Waals surface area contributed by atoms with Crippen molar-refractivity contribution in [3.05, 3.63) is 34.3 Å². The lowest BCUT2D eigenvalue weighted by Crippen LogP contribution is -2.41. The lowest BCUT2D eigenvalue weighted by molar-refractivity contribution is 0.251. The molecular weight excluding hydrogens is 268 g/mol. The molecule has 0 amide bonds. The van der Waals surface area contributed by atoms with E-state index >= 15 is 0 Å². The number of halogens is 1.